The second-order valence-corrected chi connectivity index (χ2v) is 7.61. The Kier molecular flexibility index (Phi) is 6.99. The van der Waals surface area contributed by atoms with Gasteiger partial charge in [0, 0.05) is 30.1 Å². The van der Waals surface area contributed by atoms with Gasteiger partial charge in [-0.15, -0.1) is 11.3 Å². The van der Waals surface area contributed by atoms with Crippen LogP contribution in [0.25, 0.3) is 0 Å². The topological polar surface area (TPSA) is 49.3 Å². The van der Waals surface area contributed by atoms with Crippen LogP contribution in [-0.4, -0.2) is 24.0 Å². The smallest absolute Gasteiger partial charge is 0.191 e. The molecule has 0 aliphatic rings. The number of nitrogens with zero attached hydrogens (tertiary/aromatic N) is 2. The van der Waals surface area contributed by atoms with Crippen LogP contribution in [0.2, 0.25) is 0 Å². The fourth-order valence-corrected chi connectivity index (χ4v) is 3.69. The maximum atomic E-state index is 4.72. The average molecular weight is 379 g/mol. The zero-order chi connectivity index (χ0) is 18.9. The Morgan fingerprint density at radius 3 is 2.15 bits per heavy atom. The molecule has 0 bridgehead atoms. The van der Waals surface area contributed by atoms with Crippen molar-refractivity contribution in [2.24, 2.45) is 4.99 Å². The molecule has 4 nitrogen and oxygen atoms in total. The molecule has 140 valence electrons. The van der Waals surface area contributed by atoms with Crippen molar-refractivity contribution in [1.29, 1.82) is 0 Å². The minimum absolute atomic E-state index is 0.266. The molecule has 0 saturated carbocycles. The minimum atomic E-state index is 0.266. The van der Waals surface area contributed by atoms with Crippen LogP contribution in [0.15, 0.2) is 71.9 Å². The molecule has 27 heavy (non-hydrogen) atoms. The van der Waals surface area contributed by atoms with Gasteiger partial charge in [0.2, 0.25) is 0 Å². The highest BCUT2D eigenvalue weighted by atomic mass is 32.1. The number of aryl methyl sites for hydroxylation is 1. The van der Waals surface area contributed by atoms with Gasteiger partial charge < -0.3 is 10.6 Å². The summed E-state index contributed by atoms with van der Waals surface area (Å²) >= 11 is 1.69. The van der Waals surface area contributed by atoms with Gasteiger partial charge in [-0.2, -0.15) is 0 Å². The average Bonchev–Trinajstić information content (AvgIpc) is 3.13. The van der Waals surface area contributed by atoms with Gasteiger partial charge >= 0.3 is 0 Å². The first kappa shape index (κ1) is 19.1. The van der Waals surface area contributed by atoms with Gasteiger partial charge in [-0.25, -0.2) is 9.98 Å². The van der Waals surface area contributed by atoms with Gasteiger partial charge in [-0.3, -0.25) is 0 Å². The Bertz CT molecular complexity index is 804. The third-order valence-corrected chi connectivity index (χ3v) is 5.18. The molecule has 0 amide bonds. The second kappa shape index (κ2) is 9.88. The molecule has 0 spiro atoms. The molecule has 3 aromatic rings. The molecule has 1 aromatic heterocycles. The molecule has 0 saturated heterocycles. The molecular formula is C22H26N4S. The van der Waals surface area contributed by atoms with E-state index in [1.165, 1.54) is 16.0 Å². The monoisotopic (exact) mass is 378 g/mol. The van der Waals surface area contributed by atoms with E-state index in [9.17, 15) is 0 Å². The largest absolute Gasteiger partial charge is 0.357 e. The second-order valence-electron chi connectivity index (χ2n) is 6.30. The number of guanidine groups is 1. The Hall–Kier alpha value is -2.66. The molecule has 5 heteroatoms. The molecule has 3 rings (SSSR count). The molecule has 0 radical (unpaired) electrons. The van der Waals surface area contributed by atoms with Crippen LogP contribution in [0, 0.1) is 6.92 Å². The summed E-state index contributed by atoms with van der Waals surface area (Å²) in [6.45, 7) is 6.35. The summed E-state index contributed by atoms with van der Waals surface area (Å²) in [5, 5.41) is 7.93. The van der Waals surface area contributed by atoms with Crippen molar-refractivity contribution in [3.63, 3.8) is 0 Å². The van der Waals surface area contributed by atoms with E-state index in [1.807, 2.05) is 13.1 Å². The number of rotatable bonds is 7. The van der Waals surface area contributed by atoms with Gasteiger partial charge in [0.15, 0.2) is 5.96 Å². The summed E-state index contributed by atoms with van der Waals surface area (Å²) in [6.07, 6.45) is 1.91. The fourth-order valence-electron chi connectivity index (χ4n) is 2.97. The van der Waals surface area contributed by atoms with Crippen LogP contribution in [-0.2, 0) is 6.54 Å². The summed E-state index contributed by atoms with van der Waals surface area (Å²) in [6, 6.07) is 21.2. The van der Waals surface area contributed by atoms with Crippen molar-refractivity contribution in [2.45, 2.75) is 26.3 Å². The van der Waals surface area contributed by atoms with E-state index in [4.69, 9.17) is 4.99 Å². The molecule has 2 aromatic carbocycles. The minimum Gasteiger partial charge on any atom is -0.357 e. The lowest BCUT2D eigenvalue weighted by Gasteiger charge is -2.20. The molecule has 0 fully saturated rings. The van der Waals surface area contributed by atoms with E-state index < -0.39 is 0 Å². The van der Waals surface area contributed by atoms with Crippen LogP contribution in [0.4, 0.5) is 0 Å². The van der Waals surface area contributed by atoms with E-state index in [0.29, 0.717) is 6.54 Å². The first-order valence-electron chi connectivity index (χ1n) is 9.29. The molecule has 0 unspecified atom stereocenters. The fraction of sp³-hybridized carbons (Fsp3) is 0.273. The number of aromatic nitrogens is 1. The highest BCUT2D eigenvalue weighted by molar-refractivity contribution is 7.11. The van der Waals surface area contributed by atoms with Crippen LogP contribution in [0.5, 0.6) is 0 Å². The molecule has 0 aliphatic carbocycles. The van der Waals surface area contributed by atoms with Crippen LogP contribution >= 0.6 is 11.3 Å². The number of nitrogens with one attached hydrogen (secondary N) is 2. The first-order valence-corrected chi connectivity index (χ1v) is 10.1. The van der Waals surface area contributed by atoms with Crippen molar-refractivity contribution in [2.75, 3.05) is 13.1 Å². The standard InChI is InChI=1S/C22H26N4S/c1-3-23-22(25-15-20-14-24-17(2)27-20)26-16-21(18-10-6-4-7-11-18)19-12-8-5-9-13-19/h4-14,21H,3,15-16H2,1-2H3,(H2,23,25,26). The number of hydrogen-bond acceptors (Lipinski definition) is 3. The SMILES string of the molecule is CCNC(=NCc1cnc(C)s1)NCC(c1ccccc1)c1ccccc1. The Labute approximate surface area is 165 Å². The molecule has 0 aliphatic heterocycles. The van der Waals surface area contributed by atoms with E-state index in [1.54, 1.807) is 11.3 Å². The predicted molar refractivity (Wildman–Crippen MR) is 114 cm³/mol. The number of benzene rings is 2. The quantitative estimate of drug-likeness (QED) is 0.475. The third kappa shape index (κ3) is 5.66. The predicted octanol–water partition coefficient (Wildman–Crippen LogP) is 4.34. The van der Waals surface area contributed by atoms with Crippen molar-refractivity contribution in [1.82, 2.24) is 15.6 Å². The van der Waals surface area contributed by atoms with Gasteiger partial charge in [0.25, 0.3) is 0 Å². The zero-order valence-electron chi connectivity index (χ0n) is 15.9. The lowest BCUT2D eigenvalue weighted by Crippen LogP contribution is -2.39. The normalized spacial score (nSPS) is 11.6. The summed E-state index contributed by atoms with van der Waals surface area (Å²) in [5.41, 5.74) is 2.59. The van der Waals surface area contributed by atoms with Gasteiger partial charge in [-0.05, 0) is 25.0 Å². The van der Waals surface area contributed by atoms with Crippen molar-refractivity contribution in [3.05, 3.63) is 87.9 Å². The van der Waals surface area contributed by atoms with Gasteiger partial charge in [0.05, 0.1) is 11.6 Å². The number of hydrogen-bond donors (Lipinski definition) is 2. The van der Waals surface area contributed by atoms with E-state index in [0.717, 1.165) is 24.1 Å². The molecule has 1 heterocycles. The van der Waals surface area contributed by atoms with Gasteiger partial charge in [0.1, 0.15) is 0 Å². The highest BCUT2D eigenvalue weighted by Gasteiger charge is 2.14. The summed E-state index contributed by atoms with van der Waals surface area (Å²) < 4.78 is 0. The maximum absolute atomic E-state index is 4.72. The lowest BCUT2D eigenvalue weighted by atomic mass is 9.91. The van der Waals surface area contributed by atoms with Crippen molar-refractivity contribution >= 4 is 17.3 Å². The third-order valence-electron chi connectivity index (χ3n) is 4.28. The Balaban J connectivity index is 1.73. The van der Waals surface area contributed by atoms with Crippen LogP contribution in [0.1, 0.15) is 33.9 Å². The number of aliphatic imine (C=N–C) groups is 1. The molecule has 0 atom stereocenters. The van der Waals surface area contributed by atoms with E-state index >= 15 is 0 Å². The van der Waals surface area contributed by atoms with Crippen molar-refractivity contribution < 1.29 is 0 Å². The van der Waals surface area contributed by atoms with E-state index in [-0.39, 0.29) is 5.92 Å². The lowest BCUT2D eigenvalue weighted by molar-refractivity contribution is 0.730. The van der Waals surface area contributed by atoms with Crippen molar-refractivity contribution in [3.8, 4) is 0 Å². The maximum Gasteiger partial charge on any atom is 0.191 e. The van der Waals surface area contributed by atoms with Crippen LogP contribution < -0.4 is 10.6 Å². The Morgan fingerprint density at radius 1 is 1.00 bits per heavy atom. The number of thiazole rings is 1. The molecule has 2 N–H and O–H groups in total. The van der Waals surface area contributed by atoms with Crippen LogP contribution in [0.3, 0.4) is 0 Å². The van der Waals surface area contributed by atoms with E-state index in [2.05, 4.69) is 83.2 Å². The zero-order valence-corrected chi connectivity index (χ0v) is 16.7. The Morgan fingerprint density at radius 2 is 1.63 bits per heavy atom. The summed E-state index contributed by atoms with van der Waals surface area (Å²) in [5.74, 6) is 1.10. The molecular weight excluding hydrogens is 352 g/mol. The van der Waals surface area contributed by atoms with Gasteiger partial charge in [-0.1, -0.05) is 60.7 Å². The summed E-state index contributed by atoms with van der Waals surface area (Å²) in [7, 11) is 0. The summed E-state index contributed by atoms with van der Waals surface area (Å²) in [4.78, 5) is 10.2. The highest BCUT2D eigenvalue weighted by Crippen LogP contribution is 2.23. The first-order chi connectivity index (χ1) is 13.3.